The molecule has 0 spiro atoms. The molecule has 2 aliphatic rings. The third-order valence-electron chi connectivity index (χ3n) is 3.02. The molecule has 0 bridgehead atoms. The lowest BCUT2D eigenvalue weighted by atomic mass is 10.2. The van der Waals surface area contributed by atoms with Crippen LogP contribution in [0.1, 0.15) is 12.8 Å². The van der Waals surface area contributed by atoms with E-state index in [9.17, 15) is 4.79 Å². The van der Waals surface area contributed by atoms with E-state index in [1.165, 1.54) is 0 Å². The highest BCUT2D eigenvalue weighted by atomic mass is 16.7. The molecular formula is C12H14N2O3. The molecule has 0 aromatic heterocycles. The highest BCUT2D eigenvalue weighted by Crippen LogP contribution is 2.34. The van der Waals surface area contributed by atoms with Gasteiger partial charge >= 0.3 is 0 Å². The van der Waals surface area contributed by atoms with Gasteiger partial charge in [-0.1, -0.05) is 0 Å². The van der Waals surface area contributed by atoms with E-state index >= 15 is 0 Å². The summed E-state index contributed by atoms with van der Waals surface area (Å²) in [6, 6.07) is 5.34. The summed E-state index contributed by atoms with van der Waals surface area (Å²) in [6.07, 6.45) is 1.95. The number of amides is 1. The van der Waals surface area contributed by atoms with Gasteiger partial charge in [-0.15, -0.1) is 0 Å². The lowest BCUT2D eigenvalue weighted by Crippen LogP contribution is -2.35. The Bertz CT molecular complexity index is 441. The first-order valence-corrected chi connectivity index (χ1v) is 5.77. The normalized spacial score (nSPS) is 21.5. The highest BCUT2D eigenvalue weighted by Gasteiger charge is 2.22. The van der Waals surface area contributed by atoms with E-state index in [0.717, 1.165) is 30.8 Å². The highest BCUT2D eigenvalue weighted by molar-refractivity contribution is 5.95. The Morgan fingerprint density at radius 3 is 3.06 bits per heavy atom. The van der Waals surface area contributed by atoms with Gasteiger partial charge < -0.3 is 20.1 Å². The van der Waals surface area contributed by atoms with Gasteiger partial charge in [-0.2, -0.15) is 0 Å². The molecule has 1 atom stereocenters. The minimum Gasteiger partial charge on any atom is -0.454 e. The van der Waals surface area contributed by atoms with Crippen LogP contribution in [0.25, 0.3) is 0 Å². The summed E-state index contributed by atoms with van der Waals surface area (Å²) in [5.74, 6) is 1.42. The van der Waals surface area contributed by atoms with E-state index < -0.39 is 0 Å². The van der Waals surface area contributed by atoms with Gasteiger partial charge in [0.15, 0.2) is 11.5 Å². The van der Waals surface area contributed by atoms with Gasteiger partial charge in [0.2, 0.25) is 12.7 Å². The summed E-state index contributed by atoms with van der Waals surface area (Å²) >= 11 is 0. The molecule has 5 heteroatoms. The van der Waals surface area contributed by atoms with Crippen molar-refractivity contribution in [2.24, 2.45) is 0 Å². The molecule has 1 saturated heterocycles. The maximum absolute atomic E-state index is 11.9. The van der Waals surface area contributed by atoms with Crippen LogP contribution in [-0.4, -0.2) is 25.3 Å². The van der Waals surface area contributed by atoms with Crippen LogP contribution in [-0.2, 0) is 4.79 Å². The number of benzene rings is 1. The molecule has 5 nitrogen and oxygen atoms in total. The summed E-state index contributed by atoms with van der Waals surface area (Å²) in [5, 5.41) is 6.04. The van der Waals surface area contributed by atoms with E-state index in [-0.39, 0.29) is 18.7 Å². The monoisotopic (exact) mass is 234 g/mol. The number of rotatable bonds is 2. The van der Waals surface area contributed by atoms with Crippen molar-refractivity contribution in [2.45, 2.75) is 18.9 Å². The predicted octanol–water partition coefficient (Wildman–Crippen LogP) is 1.11. The SMILES string of the molecule is O=C(Nc1ccc2c(c1)OCO2)C1CCCN1. The van der Waals surface area contributed by atoms with E-state index in [2.05, 4.69) is 10.6 Å². The van der Waals surface area contributed by atoms with E-state index in [4.69, 9.17) is 9.47 Å². The zero-order valence-corrected chi connectivity index (χ0v) is 9.36. The Labute approximate surface area is 99.1 Å². The Balaban J connectivity index is 1.70. The van der Waals surface area contributed by atoms with E-state index in [1.807, 2.05) is 6.07 Å². The molecule has 0 radical (unpaired) electrons. The average molecular weight is 234 g/mol. The van der Waals surface area contributed by atoms with Crippen molar-refractivity contribution < 1.29 is 14.3 Å². The number of nitrogens with one attached hydrogen (secondary N) is 2. The van der Waals surface area contributed by atoms with Gasteiger partial charge in [-0.3, -0.25) is 4.79 Å². The molecule has 0 saturated carbocycles. The first-order valence-electron chi connectivity index (χ1n) is 5.77. The van der Waals surface area contributed by atoms with Gasteiger partial charge in [0.25, 0.3) is 0 Å². The number of ether oxygens (including phenoxy) is 2. The van der Waals surface area contributed by atoms with Gasteiger partial charge in [-0.25, -0.2) is 0 Å². The summed E-state index contributed by atoms with van der Waals surface area (Å²) in [5.41, 5.74) is 0.743. The standard InChI is InChI=1S/C12H14N2O3/c15-12(9-2-1-5-13-9)14-8-3-4-10-11(6-8)17-7-16-10/h3-4,6,9,13H,1-2,5,7H2,(H,14,15). The maximum atomic E-state index is 11.9. The second-order valence-corrected chi connectivity index (χ2v) is 4.21. The van der Waals surface area contributed by atoms with E-state index in [1.54, 1.807) is 12.1 Å². The second-order valence-electron chi connectivity index (χ2n) is 4.21. The minimum absolute atomic E-state index is 0.0152. The topological polar surface area (TPSA) is 59.6 Å². The first kappa shape index (κ1) is 10.4. The maximum Gasteiger partial charge on any atom is 0.241 e. The van der Waals surface area contributed by atoms with Crippen LogP contribution in [0.4, 0.5) is 5.69 Å². The largest absolute Gasteiger partial charge is 0.454 e. The van der Waals surface area contributed by atoms with Crippen molar-refractivity contribution in [3.63, 3.8) is 0 Å². The van der Waals surface area contributed by atoms with Crippen molar-refractivity contribution >= 4 is 11.6 Å². The number of fused-ring (bicyclic) bond motifs is 1. The fraction of sp³-hybridized carbons (Fsp3) is 0.417. The zero-order valence-electron chi connectivity index (χ0n) is 9.36. The average Bonchev–Trinajstić information content (AvgIpc) is 2.99. The molecule has 1 amide bonds. The van der Waals surface area contributed by atoms with Gasteiger partial charge in [0, 0.05) is 11.8 Å². The number of hydrogen-bond donors (Lipinski definition) is 2. The van der Waals surface area contributed by atoms with Crippen LogP contribution >= 0.6 is 0 Å². The van der Waals surface area contributed by atoms with Crippen LogP contribution in [0, 0.1) is 0 Å². The second kappa shape index (κ2) is 4.25. The van der Waals surface area contributed by atoms with E-state index in [0.29, 0.717) is 5.75 Å². The number of carbonyl (C=O) groups excluding carboxylic acids is 1. The van der Waals surface area contributed by atoms with Crippen molar-refractivity contribution in [1.82, 2.24) is 5.32 Å². The molecule has 17 heavy (non-hydrogen) atoms. The Morgan fingerprint density at radius 2 is 2.24 bits per heavy atom. The molecule has 2 aliphatic heterocycles. The molecule has 2 N–H and O–H groups in total. The Morgan fingerprint density at radius 1 is 1.35 bits per heavy atom. The van der Waals surface area contributed by atoms with Crippen molar-refractivity contribution in [3.8, 4) is 11.5 Å². The van der Waals surface area contributed by atoms with Crippen molar-refractivity contribution in [3.05, 3.63) is 18.2 Å². The first-order chi connectivity index (χ1) is 8.33. The van der Waals surface area contributed by atoms with Crippen molar-refractivity contribution in [1.29, 1.82) is 0 Å². The summed E-state index contributed by atoms with van der Waals surface area (Å²) in [6.45, 7) is 1.16. The smallest absolute Gasteiger partial charge is 0.241 e. The predicted molar refractivity (Wildman–Crippen MR) is 62.2 cm³/mol. The van der Waals surface area contributed by atoms with Gasteiger partial charge in [0.05, 0.1) is 6.04 Å². The summed E-state index contributed by atoms with van der Waals surface area (Å²) < 4.78 is 10.5. The van der Waals surface area contributed by atoms with Gasteiger partial charge in [0.1, 0.15) is 0 Å². The molecule has 90 valence electrons. The third kappa shape index (κ3) is 2.06. The number of carbonyl (C=O) groups is 1. The molecule has 1 aromatic rings. The fourth-order valence-corrected chi connectivity index (χ4v) is 2.11. The summed E-state index contributed by atoms with van der Waals surface area (Å²) in [7, 11) is 0. The molecule has 0 aliphatic carbocycles. The molecule has 1 fully saturated rings. The van der Waals surface area contributed by atoms with Crippen LogP contribution in [0.5, 0.6) is 11.5 Å². The van der Waals surface area contributed by atoms with Crippen LogP contribution in [0.3, 0.4) is 0 Å². The lowest BCUT2D eigenvalue weighted by molar-refractivity contribution is -0.117. The number of anilines is 1. The number of hydrogen-bond acceptors (Lipinski definition) is 4. The minimum atomic E-state index is -0.0691. The zero-order chi connectivity index (χ0) is 11.7. The quantitative estimate of drug-likeness (QED) is 0.804. The summed E-state index contributed by atoms with van der Waals surface area (Å²) in [4.78, 5) is 11.9. The Kier molecular flexibility index (Phi) is 2.60. The molecular weight excluding hydrogens is 220 g/mol. The van der Waals surface area contributed by atoms with Crippen LogP contribution in [0.15, 0.2) is 18.2 Å². The molecule has 3 rings (SSSR count). The third-order valence-corrected chi connectivity index (χ3v) is 3.02. The molecule has 2 heterocycles. The van der Waals surface area contributed by atoms with Crippen molar-refractivity contribution in [2.75, 3.05) is 18.7 Å². The van der Waals surface area contributed by atoms with Gasteiger partial charge in [-0.05, 0) is 31.5 Å². The van der Waals surface area contributed by atoms with Crippen LogP contribution < -0.4 is 20.1 Å². The molecule has 1 unspecified atom stereocenters. The Hall–Kier alpha value is -1.75. The fourth-order valence-electron chi connectivity index (χ4n) is 2.11. The molecule has 1 aromatic carbocycles. The lowest BCUT2D eigenvalue weighted by Gasteiger charge is -2.11. The van der Waals surface area contributed by atoms with Crippen LogP contribution in [0.2, 0.25) is 0 Å².